The van der Waals surface area contributed by atoms with Gasteiger partial charge in [-0.3, -0.25) is 19.5 Å². The normalized spacial score (nSPS) is 15.5. The van der Waals surface area contributed by atoms with Gasteiger partial charge in [0.2, 0.25) is 11.8 Å². The minimum absolute atomic E-state index is 0.158. The van der Waals surface area contributed by atoms with Crippen molar-refractivity contribution < 1.29 is 9.59 Å². The first-order valence-corrected chi connectivity index (χ1v) is 13.0. The van der Waals surface area contributed by atoms with Crippen molar-refractivity contribution in [1.82, 2.24) is 9.88 Å². The Hall–Kier alpha value is -3.03. The van der Waals surface area contributed by atoms with Crippen LogP contribution in [-0.2, 0) is 29.1 Å². The molecule has 0 saturated heterocycles. The van der Waals surface area contributed by atoms with Crippen LogP contribution in [0.2, 0.25) is 0 Å². The van der Waals surface area contributed by atoms with Gasteiger partial charge in [0.15, 0.2) is 0 Å². The summed E-state index contributed by atoms with van der Waals surface area (Å²) < 4.78 is 0. The zero-order valence-corrected chi connectivity index (χ0v) is 22.1. The molecule has 0 atom stereocenters. The summed E-state index contributed by atoms with van der Waals surface area (Å²) >= 11 is 1.79. The number of amides is 2. The quantitative estimate of drug-likeness (QED) is 0.415. The lowest BCUT2D eigenvalue weighted by Gasteiger charge is -2.27. The van der Waals surface area contributed by atoms with Gasteiger partial charge in [0.1, 0.15) is 5.41 Å². The van der Waals surface area contributed by atoms with Crippen LogP contribution in [0.3, 0.4) is 0 Å². The number of aromatic nitrogens is 1. The first kappa shape index (κ1) is 25.1. The predicted molar refractivity (Wildman–Crippen MR) is 143 cm³/mol. The fourth-order valence-electron chi connectivity index (χ4n) is 4.62. The molecular formula is C28H34N4O2S. The van der Waals surface area contributed by atoms with E-state index in [-0.39, 0.29) is 11.8 Å². The van der Waals surface area contributed by atoms with Gasteiger partial charge in [0.25, 0.3) is 0 Å². The fraction of sp³-hybridized carbons (Fsp3) is 0.393. The van der Waals surface area contributed by atoms with Gasteiger partial charge < -0.3 is 9.80 Å². The average Bonchev–Trinajstić information content (AvgIpc) is 3.25. The average molecular weight is 491 g/mol. The van der Waals surface area contributed by atoms with Crippen molar-refractivity contribution in [3.63, 3.8) is 0 Å². The third-order valence-electron chi connectivity index (χ3n) is 6.81. The van der Waals surface area contributed by atoms with Gasteiger partial charge in [-0.2, -0.15) is 0 Å². The second-order valence-corrected chi connectivity index (χ2v) is 10.7. The topological polar surface area (TPSA) is 56.8 Å². The molecule has 0 aliphatic carbocycles. The number of anilines is 2. The lowest BCUT2D eigenvalue weighted by Crippen LogP contribution is -2.47. The highest BCUT2D eigenvalue weighted by Gasteiger charge is 2.45. The summed E-state index contributed by atoms with van der Waals surface area (Å²) in [5.41, 5.74) is 4.12. The van der Waals surface area contributed by atoms with E-state index >= 15 is 0 Å². The Morgan fingerprint density at radius 2 is 1.83 bits per heavy atom. The Labute approximate surface area is 212 Å². The van der Waals surface area contributed by atoms with Gasteiger partial charge in [0, 0.05) is 50.5 Å². The molecule has 2 amide bonds. The zero-order chi connectivity index (χ0) is 25.2. The van der Waals surface area contributed by atoms with Gasteiger partial charge in [0.05, 0.1) is 11.4 Å². The summed E-state index contributed by atoms with van der Waals surface area (Å²) in [4.78, 5) is 37.8. The number of carbonyl (C=O) groups excluding carboxylic acids is 2. The highest BCUT2D eigenvalue weighted by molar-refractivity contribution is 7.10. The molecule has 1 aromatic carbocycles. The molecule has 4 rings (SSSR count). The van der Waals surface area contributed by atoms with Crippen LogP contribution in [0.4, 0.5) is 11.4 Å². The van der Waals surface area contributed by atoms with Crippen LogP contribution in [0.5, 0.6) is 0 Å². The molecule has 6 nitrogen and oxygen atoms in total. The summed E-state index contributed by atoms with van der Waals surface area (Å²) in [6.07, 6.45) is 4.64. The van der Waals surface area contributed by atoms with E-state index < -0.39 is 5.41 Å². The van der Waals surface area contributed by atoms with Crippen molar-refractivity contribution in [3.8, 4) is 0 Å². The molecule has 0 radical (unpaired) electrons. The lowest BCUT2D eigenvalue weighted by atomic mass is 9.90. The van der Waals surface area contributed by atoms with Gasteiger partial charge in [-0.15, -0.1) is 11.3 Å². The van der Waals surface area contributed by atoms with Crippen LogP contribution < -0.4 is 9.80 Å². The molecule has 7 heteroatoms. The number of thiophene rings is 1. The summed E-state index contributed by atoms with van der Waals surface area (Å²) in [5, 5.41) is 2.14. The SMILES string of the molecule is CCN1C(=O)C(C)(C)C(=O)N(C)c2cc(CN(CCc3cccnc3)Cc3sccc3C)ccc21. The standard InChI is InChI=1S/C28H34N4O2S/c1-6-32-23-10-9-22(16-24(23)30(5)26(33)28(3,4)27(32)34)18-31(19-25-20(2)12-15-35-25)14-11-21-8-7-13-29-17-21/h7-10,12-13,15-17H,6,11,14,18-19H2,1-5H3. The highest BCUT2D eigenvalue weighted by atomic mass is 32.1. The van der Waals surface area contributed by atoms with Crippen molar-refractivity contribution in [1.29, 1.82) is 0 Å². The monoisotopic (exact) mass is 490 g/mol. The molecule has 3 heterocycles. The Morgan fingerprint density at radius 3 is 2.49 bits per heavy atom. The van der Waals surface area contributed by atoms with E-state index in [9.17, 15) is 9.59 Å². The van der Waals surface area contributed by atoms with Crippen molar-refractivity contribution in [2.45, 2.75) is 47.2 Å². The molecule has 0 bridgehead atoms. The molecule has 1 aliphatic heterocycles. The van der Waals surface area contributed by atoms with Crippen molar-refractivity contribution in [2.24, 2.45) is 5.41 Å². The molecule has 0 N–H and O–H groups in total. The maximum Gasteiger partial charge on any atom is 0.242 e. The Morgan fingerprint density at radius 1 is 1.03 bits per heavy atom. The molecule has 0 fully saturated rings. The number of benzene rings is 1. The molecule has 0 saturated carbocycles. The van der Waals surface area contributed by atoms with E-state index in [0.717, 1.165) is 43.0 Å². The number of pyridine rings is 1. The van der Waals surface area contributed by atoms with Crippen molar-refractivity contribution >= 4 is 34.5 Å². The van der Waals surface area contributed by atoms with Crippen LogP contribution in [0.1, 0.15) is 42.3 Å². The van der Waals surface area contributed by atoms with E-state index in [1.807, 2.05) is 25.3 Å². The van der Waals surface area contributed by atoms with Crippen LogP contribution >= 0.6 is 11.3 Å². The smallest absolute Gasteiger partial charge is 0.242 e. The number of rotatable bonds is 8. The highest BCUT2D eigenvalue weighted by Crippen LogP contribution is 2.39. The number of nitrogens with zero attached hydrogens (tertiary/aromatic N) is 4. The lowest BCUT2D eigenvalue weighted by molar-refractivity contribution is -0.137. The van der Waals surface area contributed by atoms with E-state index in [2.05, 4.69) is 46.5 Å². The Kier molecular flexibility index (Phi) is 7.38. The van der Waals surface area contributed by atoms with Crippen molar-refractivity contribution in [2.75, 3.05) is 29.9 Å². The molecule has 3 aromatic rings. The number of aryl methyl sites for hydroxylation is 1. The van der Waals surface area contributed by atoms with Gasteiger partial charge in [-0.1, -0.05) is 12.1 Å². The van der Waals surface area contributed by atoms with Gasteiger partial charge in [-0.05, 0) is 80.5 Å². The van der Waals surface area contributed by atoms with Gasteiger partial charge in [-0.25, -0.2) is 0 Å². The Balaban J connectivity index is 1.63. The molecule has 0 spiro atoms. The first-order valence-electron chi connectivity index (χ1n) is 12.1. The first-order chi connectivity index (χ1) is 16.7. The number of hydrogen-bond donors (Lipinski definition) is 0. The molecule has 2 aromatic heterocycles. The van der Waals surface area contributed by atoms with Crippen molar-refractivity contribution in [3.05, 3.63) is 75.7 Å². The molecule has 0 unspecified atom stereocenters. The maximum absolute atomic E-state index is 13.2. The number of carbonyl (C=O) groups is 2. The minimum Gasteiger partial charge on any atom is -0.313 e. The van der Waals surface area contributed by atoms with Crippen LogP contribution in [0, 0.1) is 12.3 Å². The van der Waals surface area contributed by atoms with E-state index in [1.165, 1.54) is 16.0 Å². The summed E-state index contributed by atoms with van der Waals surface area (Å²) in [6, 6.07) is 12.4. The summed E-state index contributed by atoms with van der Waals surface area (Å²) in [6.45, 7) is 10.6. The van der Waals surface area contributed by atoms with Crippen LogP contribution in [0.15, 0.2) is 54.2 Å². The number of fused-ring (bicyclic) bond motifs is 1. The third kappa shape index (κ3) is 5.16. The zero-order valence-electron chi connectivity index (χ0n) is 21.2. The number of hydrogen-bond acceptors (Lipinski definition) is 5. The fourth-order valence-corrected chi connectivity index (χ4v) is 5.57. The molecule has 184 valence electrons. The summed E-state index contributed by atoms with van der Waals surface area (Å²) in [5.74, 6) is -0.339. The second-order valence-electron chi connectivity index (χ2n) is 9.71. The van der Waals surface area contributed by atoms with E-state index in [4.69, 9.17) is 0 Å². The van der Waals surface area contributed by atoms with Crippen LogP contribution in [0.25, 0.3) is 0 Å². The van der Waals surface area contributed by atoms with Crippen LogP contribution in [-0.4, -0.2) is 41.8 Å². The molecule has 35 heavy (non-hydrogen) atoms. The molecular weight excluding hydrogens is 456 g/mol. The van der Waals surface area contributed by atoms with Gasteiger partial charge >= 0.3 is 0 Å². The minimum atomic E-state index is -1.10. The Bertz CT molecular complexity index is 1200. The predicted octanol–water partition coefficient (Wildman–Crippen LogP) is 5.05. The third-order valence-corrected chi connectivity index (χ3v) is 7.82. The molecule has 1 aliphatic rings. The largest absolute Gasteiger partial charge is 0.313 e. The maximum atomic E-state index is 13.2. The summed E-state index contributed by atoms with van der Waals surface area (Å²) in [7, 11) is 1.77. The second kappa shape index (κ2) is 10.3. The van der Waals surface area contributed by atoms with E-state index in [0.29, 0.717) is 6.54 Å². The van der Waals surface area contributed by atoms with E-state index in [1.54, 1.807) is 48.2 Å².